The molecule has 2 N–H and O–H groups in total. The zero-order valence-corrected chi connectivity index (χ0v) is 15.7. The minimum absolute atomic E-state index is 0.102. The Hall–Kier alpha value is -3.14. The van der Waals surface area contributed by atoms with Crippen LogP contribution in [0.25, 0.3) is 12.2 Å². The number of allylic oxidation sites excluding steroid dienone is 1. The van der Waals surface area contributed by atoms with Crippen LogP contribution < -0.4 is 5.32 Å². The minimum Gasteiger partial charge on any atom is -0.478 e. The summed E-state index contributed by atoms with van der Waals surface area (Å²) in [6.45, 7) is 4.17. The SMILES string of the molecule is CC(C)/C=C/c1ccc(NC(=O)CCc2ccccc2)c(/C=C/C(=O)O)c1. The minimum atomic E-state index is -1.03. The average Bonchev–Trinajstić information content (AvgIpc) is 2.65. The maximum atomic E-state index is 12.3. The molecule has 4 heteroatoms. The molecule has 0 bridgehead atoms. The lowest BCUT2D eigenvalue weighted by atomic mass is 10.0. The van der Waals surface area contributed by atoms with Crippen LogP contribution in [0.3, 0.4) is 0 Å². The molecule has 0 aliphatic carbocycles. The number of aliphatic carboxylic acids is 1. The van der Waals surface area contributed by atoms with Crippen molar-refractivity contribution in [3.05, 3.63) is 77.4 Å². The molecule has 0 saturated heterocycles. The van der Waals surface area contributed by atoms with E-state index in [4.69, 9.17) is 5.11 Å². The lowest BCUT2D eigenvalue weighted by Crippen LogP contribution is -2.13. The Morgan fingerprint density at radius 3 is 2.48 bits per heavy atom. The highest BCUT2D eigenvalue weighted by Gasteiger charge is 2.07. The normalized spacial score (nSPS) is 11.4. The standard InChI is InChI=1S/C23H25NO3/c1-17(2)8-9-19-10-13-21(20(16-19)12-15-23(26)27)24-22(25)14-11-18-6-4-3-5-7-18/h3-10,12-13,15-17H,11,14H2,1-2H3,(H,24,25)(H,26,27)/b9-8+,15-12+. The quantitative estimate of drug-likeness (QED) is 0.647. The lowest BCUT2D eigenvalue weighted by Gasteiger charge is -2.10. The van der Waals surface area contributed by atoms with Crippen molar-refractivity contribution in [3.63, 3.8) is 0 Å². The maximum Gasteiger partial charge on any atom is 0.328 e. The number of carbonyl (C=O) groups is 2. The first-order chi connectivity index (χ1) is 12.9. The van der Waals surface area contributed by atoms with E-state index in [0.717, 1.165) is 17.2 Å². The van der Waals surface area contributed by atoms with Crippen LogP contribution in [0.4, 0.5) is 5.69 Å². The van der Waals surface area contributed by atoms with E-state index in [1.54, 1.807) is 0 Å². The summed E-state index contributed by atoms with van der Waals surface area (Å²) in [5.74, 6) is -0.714. The van der Waals surface area contributed by atoms with Crippen LogP contribution in [-0.2, 0) is 16.0 Å². The smallest absolute Gasteiger partial charge is 0.328 e. The second-order valence-electron chi connectivity index (χ2n) is 6.66. The highest BCUT2D eigenvalue weighted by Crippen LogP contribution is 2.21. The van der Waals surface area contributed by atoms with E-state index in [-0.39, 0.29) is 5.91 Å². The highest BCUT2D eigenvalue weighted by atomic mass is 16.4. The van der Waals surface area contributed by atoms with Crippen molar-refractivity contribution in [2.45, 2.75) is 26.7 Å². The Kier molecular flexibility index (Phi) is 7.56. The Labute approximate surface area is 160 Å². The van der Waals surface area contributed by atoms with Crippen LogP contribution in [0.15, 0.2) is 60.7 Å². The number of carbonyl (C=O) groups excluding carboxylic acids is 1. The summed E-state index contributed by atoms with van der Waals surface area (Å²) < 4.78 is 0. The molecule has 0 fully saturated rings. The fourth-order valence-electron chi connectivity index (χ4n) is 2.52. The van der Waals surface area contributed by atoms with E-state index >= 15 is 0 Å². The zero-order valence-electron chi connectivity index (χ0n) is 15.7. The van der Waals surface area contributed by atoms with Gasteiger partial charge in [-0.3, -0.25) is 4.79 Å². The first-order valence-corrected chi connectivity index (χ1v) is 9.01. The van der Waals surface area contributed by atoms with E-state index in [1.165, 1.54) is 6.08 Å². The van der Waals surface area contributed by atoms with Gasteiger partial charge in [-0.1, -0.05) is 62.4 Å². The molecule has 27 heavy (non-hydrogen) atoms. The Bertz CT molecular complexity index is 836. The third kappa shape index (κ3) is 7.32. The molecule has 1 amide bonds. The Balaban J connectivity index is 2.13. The number of nitrogens with one attached hydrogen (secondary N) is 1. The van der Waals surface area contributed by atoms with E-state index in [0.29, 0.717) is 30.0 Å². The first kappa shape index (κ1) is 20.2. The molecule has 0 atom stereocenters. The summed E-state index contributed by atoms with van der Waals surface area (Å²) >= 11 is 0. The van der Waals surface area contributed by atoms with Gasteiger partial charge in [-0.25, -0.2) is 4.79 Å². The third-order valence-corrected chi connectivity index (χ3v) is 3.91. The largest absolute Gasteiger partial charge is 0.478 e. The summed E-state index contributed by atoms with van der Waals surface area (Å²) in [7, 11) is 0. The Morgan fingerprint density at radius 2 is 1.81 bits per heavy atom. The van der Waals surface area contributed by atoms with Gasteiger partial charge in [0.1, 0.15) is 0 Å². The summed E-state index contributed by atoms with van der Waals surface area (Å²) in [4.78, 5) is 23.2. The number of hydrogen-bond donors (Lipinski definition) is 2. The van der Waals surface area contributed by atoms with Crippen LogP contribution in [-0.4, -0.2) is 17.0 Å². The molecule has 0 saturated carbocycles. The monoisotopic (exact) mass is 363 g/mol. The van der Waals surface area contributed by atoms with Crippen LogP contribution in [0.2, 0.25) is 0 Å². The molecule has 0 spiro atoms. The van der Waals surface area contributed by atoms with Gasteiger partial charge < -0.3 is 10.4 Å². The second kappa shape index (κ2) is 10.1. The molecular formula is C23H25NO3. The molecule has 140 valence electrons. The van der Waals surface area contributed by atoms with Gasteiger partial charge in [-0.05, 0) is 47.2 Å². The molecular weight excluding hydrogens is 338 g/mol. The van der Waals surface area contributed by atoms with E-state index in [2.05, 4.69) is 25.2 Å². The molecule has 2 aromatic carbocycles. The van der Waals surface area contributed by atoms with Crippen molar-refractivity contribution >= 4 is 29.7 Å². The average molecular weight is 363 g/mol. The van der Waals surface area contributed by atoms with Crippen molar-refractivity contribution < 1.29 is 14.7 Å². The van der Waals surface area contributed by atoms with Gasteiger partial charge in [0.05, 0.1) is 0 Å². The number of benzene rings is 2. The highest BCUT2D eigenvalue weighted by molar-refractivity contribution is 5.94. The number of rotatable bonds is 8. The summed E-state index contributed by atoms with van der Waals surface area (Å²) in [6.07, 6.45) is 7.65. The summed E-state index contributed by atoms with van der Waals surface area (Å²) in [5.41, 5.74) is 3.33. The van der Waals surface area contributed by atoms with Crippen molar-refractivity contribution in [2.24, 2.45) is 5.92 Å². The number of hydrogen-bond acceptors (Lipinski definition) is 2. The van der Waals surface area contributed by atoms with Gasteiger partial charge >= 0.3 is 5.97 Å². The molecule has 0 radical (unpaired) electrons. The van der Waals surface area contributed by atoms with E-state index in [1.807, 2.05) is 54.6 Å². The third-order valence-electron chi connectivity index (χ3n) is 3.91. The molecule has 0 aromatic heterocycles. The van der Waals surface area contributed by atoms with Crippen LogP contribution in [0, 0.1) is 5.92 Å². The van der Waals surface area contributed by atoms with Crippen LogP contribution in [0.5, 0.6) is 0 Å². The number of aryl methyl sites for hydroxylation is 1. The molecule has 0 aliphatic heterocycles. The predicted octanol–water partition coefficient (Wildman–Crippen LogP) is 5.02. The summed E-state index contributed by atoms with van der Waals surface area (Å²) in [5, 5.41) is 11.8. The number of anilines is 1. The predicted molar refractivity (Wildman–Crippen MR) is 110 cm³/mol. The molecule has 4 nitrogen and oxygen atoms in total. The van der Waals surface area contributed by atoms with Crippen molar-refractivity contribution in [3.8, 4) is 0 Å². The molecule has 0 heterocycles. The van der Waals surface area contributed by atoms with Gasteiger partial charge in [0.2, 0.25) is 5.91 Å². The van der Waals surface area contributed by atoms with Gasteiger partial charge in [0.25, 0.3) is 0 Å². The number of carboxylic acid groups (broad SMARTS) is 1. The van der Waals surface area contributed by atoms with Gasteiger partial charge in [0.15, 0.2) is 0 Å². The zero-order chi connectivity index (χ0) is 19.6. The van der Waals surface area contributed by atoms with Gasteiger partial charge in [-0.15, -0.1) is 0 Å². The fraction of sp³-hybridized carbons (Fsp3) is 0.217. The fourth-order valence-corrected chi connectivity index (χ4v) is 2.52. The second-order valence-corrected chi connectivity index (χ2v) is 6.66. The number of amides is 1. The van der Waals surface area contributed by atoms with Crippen LogP contribution in [0.1, 0.15) is 37.0 Å². The Morgan fingerprint density at radius 1 is 1.07 bits per heavy atom. The van der Waals surface area contributed by atoms with Crippen molar-refractivity contribution in [1.29, 1.82) is 0 Å². The molecule has 2 aromatic rings. The molecule has 2 rings (SSSR count). The molecule has 0 unspecified atom stereocenters. The first-order valence-electron chi connectivity index (χ1n) is 9.01. The van der Waals surface area contributed by atoms with E-state index in [9.17, 15) is 9.59 Å². The maximum absolute atomic E-state index is 12.3. The van der Waals surface area contributed by atoms with Crippen molar-refractivity contribution in [2.75, 3.05) is 5.32 Å². The van der Waals surface area contributed by atoms with E-state index < -0.39 is 5.97 Å². The van der Waals surface area contributed by atoms with Crippen LogP contribution >= 0.6 is 0 Å². The molecule has 0 aliphatic rings. The van der Waals surface area contributed by atoms with Crippen molar-refractivity contribution in [1.82, 2.24) is 0 Å². The van der Waals surface area contributed by atoms with Gasteiger partial charge in [-0.2, -0.15) is 0 Å². The number of carboxylic acids is 1. The topological polar surface area (TPSA) is 66.4 Å². The lowest BCUT2D eigenvalue weighted by molar-refractivity contribution is -0.131. The van der Waals surface area contributed by atoms with Gasteiger partial charge in [0, 0.05) is 18.2 Å². The summed E-state index contributed by atoms with van der Waals surface area (Å²) in [6, 6.07) is 15.4.